The summed E-state index contributed by atoms with van der Waals surface area (Å²) in [6.45, 7) is 7.58. The second kappa shape index (κ2) is 6.06. The molecule has 1 N–H and O–H groups in total. The zero-order valence-corrected chi connectivity index (χ0v) is 12.7. The van der Waals surface area contributed by atoms with Gasteiger partial charge in [0.25, 0.3) is 0 Å². The molecule has 0 saturated carbocycles. The van der Waals surface area contributed by atoms with Gasteiger partial charge in [0.1, 0.15) is 0 Å². The lowest BCUT2D eigenvalue weighted by atomic mass is 9.85. The van der Waals surface area contributed by atoms with Crippen LogP contribution in [0.4, 0.5) is 0 Å². The Balaban J connectivity index is 2.12. The van der Waals surface area contributed by atoms with E-state index in [1.54, 1.807) is 0 Å². The quantitative estimate of drug-likeness (QED) is 0.895. The molecule has 1 aliphatic heterocycles. The van der Waals surface area contributed by atoms with E-state index in [0.717, 1.165) is 25.9 Å². The highest BCUT2D eigenvalue weighted by Gasteiger charge is 2.34. The zero-order valence-electron chi connectivity index (χ0n) is 12.7. The van der Waals surface area contributed by atoms with E-state index in [9.17, 15) is 0 Å². The molecular formula is C17H27NO. The maximum atomic E-state index is 6.06. The van der Waals surface area contributed by atoms with Gasteiger partial charge < -0.3 is 10.1 Å². The number of rotatable bonds is 4. The second-order valence-corrected chi connectivity index (χ2v) is 6.35. The van der Waals surface area contributed by atoms with Gasteiger partial charge in [0.15, 0.2) is 0 Å². The molecule has 19 heavy (non-hydrogen) atoms. The van der Waals surface area contributed by atoms with Gasteiger partial charge in [-0.15, -0.1) is 0 Å². The molecule has 1 aromatic carbocycles. The SMILES string of the molecule is CNC1CCOC(C)(c2ccc(CC(C)C)cc2)C1. The lowest BCUT2D eigenvalue weighted by Gasteiger charge is -2.38. The van der Waals surface area contributed by atoms with Crippen molar-refractivity contribution < 1.29 is 4.74 Å². The van der Waals surface area contributed by atoms with Crippen LogP contribution in [0, 0.1) is 5.92 Å². The first-order chi connectivity index (χ1) is 9.03. The van der Waals surface area contributed by atoms with Crippen LogP contribution in [0.15, 0.2) is 24.3 Å². The Morgan fingerprint density at radius 1 is 1.32 bits per heavy atom. The van der Waals surface area contributed by atoms with E-state index in [1.165, 1.54) is 11.1 Å². The molecule has 2 atom stereocenters. The minimum absolute atomic E-state index is 0.137. The lowest BCUT2D eigenvalue weighted by molar-refractivity contribution is -0.0804. The van der Waals surface area contributed by atoms with Crippen LogP contribution in [-0.4, -0.2) is 19.7 Å². The highest BCUT2D eigenvalue weighted by Crippen LogP contribution is 2.34. The summed E-state index contributed by atoms with van der Waals surface area (Å²) in [5.41, 5.74) is 2.59. The number of benzene rings is 1. The zero-order chi connectivity index (χ0) is 13.9. The number of hydrogen-bond donors (Lipinski definition) is 1. The Hall–Kier alpha value is -0.860. The van der Waals surface area contributed by atoms with Gasteiger partial charge >= 0.3 is 0 Å². The van der Waals surface area contributed by atoms with Crippen LogP contribution in [0.1, 0.15) is 44.7 Å². The largest absolute Gasteiger partial charge is 0.370 e. The van der Waals surface area contributed by atoms with Crippen molar-refractivity contribution in [1.29, 1.82) is 0 Å². The lowest BCUT2D eigenvalue weighted by Crippen LogP contribution is -2.42. The molecule has 0 radical (unpaired) electrons. The van der Waals surface area contributed by atoms with Crippen LogP contribution in [0.5, 0.6) is 0 Å². The van der Waals surface area contributed by atoms with Crippen molar-refractivity contribution in [3.8, 4) is 0 Å². The van der Waals surface area contributed by atoms with Crippen molar-refractivity contribution in [3.63, 3.8) is 0 Å². The van der Waals surface area contributed by atoms with Gasteiger partial charge in [-0.3, -0.25) is 0 Å². The van der Waals surface area contributed by atoms with E-state index in [2.05, 4.69) is 50.4 Å². The summed E-state index contributed by atoms with van der Waals surface area (Å²) in [7, 11) is 2.04. The predicted octanol–water partition coefficient (Wildman–Crippen LogP) is 3.50. The van der Waals surface area contributed by atoms with E-state index < -0.39 is 0 Å². The molecule has 106 valence electrons. The predicted molar refractivity (Wildman–Crippen MR) is 80.4 cm³/mol. The van der Waals surface area contributed by atoms with E-state index >= 15 is 0 Å². The summed E-state index contributed by atoms with van der Waals surface area (Å²) in [5.74, 6) is 0.709. The molecule has 1 fully saturated rings. The monoisotopic (exact) mass is 261 g/mol. The molecule has 1 aromatic rings. The summed E-state index contributed by atoms with van der Waals surface area (Å²) in [6.07, 6.45) is 3.31. The van der Waals surface area contributed by atoms with Crippen molar-refractivity contribution in [2.45, 2.75) is 51.7 Å². The van der Waals surface area contributed by atoms with Crippen molar-refractivity contribution >= 4 is 0 Å². The Morgan fingerprint density at radius 3 is 2.58 bits per heavy atom. The van der Waals surface area contributed by atoms with Gasteiger partial charge in [-0.2, -0.15) is 0 Å². The number of hydrogen-bond acceptors (Lipinski definition) is 2. The van der Waals surface area contributed by atoms with Gasteiger partial charge in [0.05, 0.1) is 5.60 Å². The molecule has 1 saturated heterocycles. The van der Waals surface area contributed by atoms with Crippen LogP contribution < -0.4 is 5.32 Å². The van der Waals surface area contributed by atoms with Crippen LogP contribution in [0.2, 0.25) is 0 Å². The molecule has 2 unspecified atom stereocenters. The highest BCUT2D eigenvalue weighted by atomic mass is 16.5. The van der Waals surface area contributed by atoms with Crippen molar-refractivity contribution in [2.75, 3.05) is 13.7 Å². The Kier molecular flexibility index (Phi) is 4.64. The van der Waals surface area contributed by atoms with E-state index in [4.69, 9.17) is 4.74 Å². The highest BCUT2D eigenvalue weighted by molar-refractivity contribution is 5.28. The van der Waals surface area contributed by atoms with Crippen molar-refractivity contribution in [1.82, 2.24) is 5.32 Å². The number of nitrogens with one attached hydrogen (secondary N) is 1. The molecule has 0 aliphatic carbocycles. The van der Waals surface area contributed by atoms with E-state index in [-0.39, 0.29) is 5.60 Å². The Bertz CT molecular complexity index is 398. The molecule has 0 aromatic heterocycles. The van der Waals surface area contributed by atoms with Crippen LogP contribution in [-0.2, 0) is 16.8 Å². The van der Waals surface area contributed by atoms with Crippen molar-refractivity contribution in [3.05, 3.63) is 35.4 Å². The first kappa shape index (κ1) is 14.5. The summed E-state index contributed by atoms with van der Waals surface area (Å²) < 4.78 is 6.06. The molecule has 0 amide bonds. The third-order valence-electron chi connectivity index (χ3n) is 4.14. The fourth-order valence-electron chi connectivity index (χ4n) is 2.97. The smallest absolute Gasteiger partial charge is 0.0918 e. The Morgan fingerprint density at radius 2 is 2.00 bits per heavy atom. The molecule has 2 heteroatoms. The summed E-state index contributed by atoms with van der Waals surface area (Å²) in [6, 6.07) is 9.57. The van der Waals surface area contributed by atoms with Crippen LogP contribution in [0.25, 0.3) is 0 Å². The topological polar surface area (TPSA) is 21.3 Å². The van der Waals surface area contributed by atoms with Crippen molar-refractivity contribution in [2.24, 2.45) is 5.92 Å². The molecule has 1 heterocycles. The second-order valence-electron chi connectivity index (χ2n) is 6.35. The van der Waals surface area contributed by atoms with E-state index in [0.29, 0.717) is 12.0 Å². The van der Waals surface area contributed by atoms with Gasteiger partial charge in [-0.1, -0.05) is 38.1 Å². The Labute approximate surface area is 117 Å². The van der Waals surface area contributed by atoms with E-state index in [1.807, 2.05) is 7.05 Å². The van der Waals surface area contributed by atoms with Crippen LogP contribution in [0.3, 0.4) is 0 Å². The summed E-state index contributed by atoms with van der Waals surface area (Å²) >= 11 is 0. The summed E-state index contributed by atoms with van der Waals surface area (Å²) in [4.78, 5) is 0. The molecule has 1 aliphatic rings. The molecule has 2 rings (SSSR count). The maximum Gasteiger partial charge on any atom is 0.0918 e. The van der Waals surface area contributed by atoms with Gasteiger partial charge in [0, 0.05) is 12.6 Å². The molecule has 2 nitrogen and oxygen atoms in total. The van der Waals surface area contributed by atoms with Gasteiger partial charge in [0.2, 0.25) is 0 Å². The average molecular weight is 261 g/mol. The molecular weight excluding hydrogens is 234 g/mol. The molecule has 0 bridgehead atoms. The average Bonchev–Trinajstić information content (AvgIpc) is 2.38. The normalized spacial score (nSPS) is 27.7. The van der Waals surface area contributed by atoms with Gasteiger partial charge in [-0.25, -0.2) is 0 Å². The minimum Gasteiger partial charge on any atom is -0.370 e. The maximum absolute atomic E-state index is 6.06. The first-order valence-electron chi connectivity index (χ1n) is 7.44. The van der Waals surface area contributed by atoms with Crippen LogP contribution >= 0.6 is 0 Å². The fraction of sp³-hybridized carbons (Fsp3) is 0.647. The molecule has 0 spiro atoms. The van der Waals surface area contributed by atoms with Gasteiger partial charge in [-0.05, 0) is 50.3 Å². The summed E-state index contributed by atoms with van der Waals surface area (Å²) in [5, 5.41) is 3.39. The first-order valence-corrected chi connectivity index (χ1v) is 7.44. The minimum atomic E-state index is -0.137. The standard InChI is InChI=1S/C17H27NO/c1-13(2)11-14-5-7-15(8-6-14)17(3)12-16(18-4)9-10-19-17/h5-8,13,16,18H,9-12H2,1-4H3. The fourth-order valence-corrected chi connectivity index (χ4v) is 2.97. The third-order valence-corrected chi connectivity index (χ3v) is 4.14. The third kappa shape index (κ3) is 3.58. The number of ether oxygens (including phenoxy) is 1.